The highest BCUT2D eigenvalue weighted by Crippen LogP contribution is 2.32. The van der Waals surface area contributed by atoms with Crippen molar-refractivity contribution in [3.63, 3.8) is 0 Å². The molecule has 4 aromatic rings. The van der Waals surface area contributed by atoms with Gasteiger partial charge in [0.25, 0.3) is 0 Å². The number of rotatable bonds is 3. The number of hydrogen-bond donors (Lipinski definition) is 0. The van der Waals surface area contributed by atoms with Crippen LogP contribution in [0.15, 0.2) is 76.7 Å². The molecule has 0 aliphatic rings. The van der Waals surface area contributed by atoms with Gasteiger partial charge in [-0.2, -0.15) is 10.5 Å². The Hall–Kier alpha value is -4.14. The first-order valence-electron chi connectivity index (χ1n) is 8.88. The van der Waals surface area contributed by atoms with Crippen molar-refractivity contribution in [1.29, 1.82) is 10.5 Å². The van der Waals surface area contributed by atoms with Gasteiger partial charge in [0.2, 0.25) is 9.84 Å². The van der Waals surface area contributed by atoms with Crippen LogP contribution in [-0.4, -0.2) is 13.4 Å². The molecular weight excluding hydrogens is 420 g/mol. The van der Waals surface area contributed by atoms with Crippen LogP contribution in [0.3, 0.4) is 0 Å². The summed E-state index contributed by atoms with van der Waals surface area (Å²) < 4.78 is 53.9. The maximum atomic E-state index is 13.9. The molecule has 0 aliphatic carbocycles. The van der Waals surface area contributed by atoms with Crippen LogP contribution in [0.5, 0.6) is 0 Å². The molecule has 0 saturated heterocycles. The van der Waals surface area contributed by atoms with Crippen molar-refractivity contribution in [2.45, 2.75) is 9.92 Å². The average Bonchev–Trinajstić information content (AvgIpc) is 2.78. The Morgan fingerprint density at radius 1 is 0.774 bits per heavy atom. The monoisotopic (exact) mass is 431 g/mol. The van der Waals surface area contributed by atoms with Crippen molar-refractivity contribution in [3.05, 3.63) is 89.5 Å². The lowest BCUT2D eigenvalue weighted by atomic mass is 10.0. The van der Waals surface area contributed by atoms with E-state index in [1.807, 2.05) is 12.1 Å². The van der Waals surface area contributed by atoms with Crippen LogP contribution < -0.4 is 0 Å². The van der Waals surface area contributed by atoms with Crippen molar-refractivity contribution < 1.29 is 17.2 Å². The first-order chi connectivity index (χ1) is 14.8. The fraction of sp³-hybridized carbons (Fsp3) is 0. The minimum Gasteiger partial charge on any atom is -0.236 e. The summed E-state index contributed by atoms with van der Waals surface area (Å²) in [5.74, 6) is -1.06. The quantitative estimate of drug-likeness (QED) is 0.466. The van der Waals surface area contributed by atoms with Gasteiger partial charge in [-0.25, -0.2) is 22.2 Å². The maximum absolute atomic E-state index is 13.9. The first-order valence-corrected chi connectivity index (χ1v) is 10.4. The number of nitriles is 2. The molecule has 0 spiro atoms. The molecule has 0 atom stereocenters. The summed E-state index contributed by atoms with van der Waals surface area (Å²) in [6.45, 7) is 0. The third kappa shape index (κ3) is 3.73. The van der Waals surface area contributed by atoms with Gasteiger partial charge in [-0.05, 0) is 59.7 Å². The van der Waals surface area contributed by atoms with Crippen molar-refractivity contribution in [3.8, 4) is 23.3 Å². The summed E-state index contributed by atoms with van der Waals surface area (Å²) in [5.41, 5.74) is 1.03. The van der Waals surface area contributed by atoms with Gasteiger partial charge in [-0.1, -0.05) is 12.1 Å². The predicted octanol–water partition coefficient (Wildman–Crippen LogP) is 4.76. The molecule has 4 rings (SSSR count). The highest BCUT2D eigenvalue weighted by atomic mass is 32.2. The molecule has 1 heterocycles. The summed E-state index contributed by atoms with van der Waals surface area (Å²) >= 11 is 0. The minimum atomic E-state index is -4.26. The molecule has 8 heteroatoms. The van der Waals surface area contributed by atoms with Gasteiger partial charge in [-0.15, -0.1) is 0 Å². The lowest BCUT2D eigenvalue weighted by Gasteiger charge is -2.11. The topological polar surface area (TPSA) is 94.6 Å². The van der Waals surface area contributed by atoms with E-state index in [0.29, 0.717) is 16.5 Å². The largest absolute Gasteiger partial charge is 0.236 e. The molecule has 0 saturated carbocycles. The summed E-state index contributed by atoms with van der Waals surface area (Å²) in [6, 6.07) is 17.7. The highest BCUT2D eigenvalue weighted by Gasteiger charge is 2.23. The van der Waals surface area contributed by atoms with Gasteiger partial charge in [-0.3, -0.25) is 0 Å². The van der Waals surface area contributed by atoms with E-state index in [-0.39, 0.29) is 26.6 Å². The molecule has 5 nitrogen and oxygen atoms in total. The van der Waals surface area contributed by atoms with Gasteiger partial charge in [0.15, 0.2) is 5.03 Å². The number of hydrogen-bond acceptors (Lipinski definition) is 5. The molecule has 0 unspecified atom stereocenters. The third-order valence-corrected chi connectivity index (χ3v) is 6.27. The molecule has 0 aliphatic heterocycles. The Bertz CT molecular complexity index is 1500. The van der Waals surface area contributed by atoms with Crippen LogP contribution in [0.1, 0.15) is 11.1 Å². The third-order valence-electron chi connectivity index (χ3n) is 4.65. The zero-order valence-electron chi connectivity index (χ0n) is 15.7. The number of pyridine rings is 1. The van der Waals surface area contributed by atoms with Crippen molar-refractivity contribution in [2.24, 2.45) is 0 Å². The van der Waals surface area contributed by atoms with Crippen LogP contribution >= 0.6 is 0 Å². The molecule has 3 aromatic carbocycles. The first kappa shape index (κ1) is 20.1. The van der Waals surface area contributed by atoms with Crippen LogP contribution in [-0.2, 0) is 9.84 Å². The Morgan fingerprint density at radius 2 is 1.39 bits per heavy atom. The zero-order valence-corrected chi connectivity index (χ0v) is 16.5. The normalized spacial score (nSPS) is 11.1. The van der Waals surface area contributed by atoms with E-state index in [0.717, 1.165) is 18.2 Å². The molecule has 0 amide bonds. The van der Waals surface area contributed by atoms with Crippen molar-refractivity contribution in [2.75, 3.05) is 0 Å². The van der Waals surface area contributed by atoms with E-state index in [1.165, 1.54) is 48.5 Å². The average molecular weight is 431 g/mol. The second kappa shape index (κ2) is 7.60. The number of halogens is 2. The number of nitrogens with zero attached hydrogens (tertiary/aromatic N) is 3. The fourth-order valence-corrected chi connectivity index (χ4v) is 4.48. The van der Waals surface area contributed by atoms with Crippen LogP contribution in [0, 0.1) is 34.3 Å². The SMILES string of the molecule is N#Cc1cc(C#N)cc(S(=O)(=O)c2cc(-c3ccc(F)cc3)c3ccc(F)cc3n2)c1. The van der Waals surface area contributed by atoms with E-state index >= 15 is 0 Å². The molecule has 31 heavy (non-hydrogen) atoms. The highest BCUT2D eigenvalue weighted by molar-refractivity contribution is 7.91. The number of aromatic nitrogens is 1. The summed E-state index contributed by atoms with van der Waals surface area (Å²) in [4.78, 5) is 3.85. The van der Waals surface area contributed by atoms with Crippen molar-refractivity contribution >= 4 is 20.7 Å². The second-order valence-corrected chi connectivity index (χ2v) is 8.55. The molecule has 150 valence electrons. The zero-order chi connectivity index (χ0) is 22.2. The molecule has 0 N–H and O–H groups in total. The Balaban J connectivity index is 2.01. The molecule has 0 fully saturated rings. The number of fused-ring (bicyclic) bond motifs is 1. The van der Waals surface area contributed by atoms with E-state index < -0.39 is 21.5 Å². The standard InChI is InChI=1S/C23H11F2N3O2S/c24-17-3-1-16(2-4-17)21-11-23(28-22-10-18(25)5-6-20(21)22)31(29,30)19-8-14(12-26)7-15(9-19)13-27/h1-11H. The van der Waals surface area contributed by atoms with Gasteiger partial charge < -0.3 is 0 Å². The van der Waals surface area contributed by atoms with Gasteiger partial charge in [0.05, 0.1) is 33.7 Å². The summed E-state index contributed by atoms with van der Waals surface area (Å²) in [5, 5.41) is 18.4. The lowest BCUT2D eigenvalue weighted by Crippen LogP contribution is -2.06. The van der Waals surface area contributed by atoms with E-state index in [1.54, 1.807) is 0 Å². The predicted molar refractivity (Wildman–Crippen MR) is 108 cm³/mol. The van der Waals surface area contributed by atoms with Gasteiger partial charge >= 0.3 is 0 Å². The molecule has 1 aromatic heterocycles. The Morgan fingerprint density at radius 3 is 2.00 bits per heavy atom. The van der Waals surface area contributed by atoms with Crippen LogP contribution in [0.25, 0.3) is 22.0 Å². The van der Waals surface area contributed by atoms with Crippen LogP contribution in [0.4, 0.5) is 8.78 Å². The second-order valence-electron chi connectivity index (χ2n) is 6.65. The van der Waals surface area contributed by atoms with E-state index in [2.05, 4.69) is 4.98 Å². The van der Waals surface area contributed by atoms with E-state index in [4.69, 9.17) is 10.5 Å². The smallest absolute Gasteiger partial charge is 0.223 e. The van der Waals surface area contributed by atoms with Crippen LogP contribution in [0.2, 0.25) is 0 Å². The number of sulfone groups is 1. The summed E-state index contributed by atoms with van der Waals surface area (Å²) in [6.07, 6.45) is 0. The molecule has 0 bridgehead atoms. The molecule has 0 radical (unpaired) electrons. The van der Waals surface area contributed by atoms with E-state index in [9.17, 15) is 17.2 Å². The van der Waals surface area contributed by atoms with Gasteiger partial charge in [0, 0.05) is 11.5 Å². The summed E-state index contributed by atoms with van der Waals surface area (Å²) in [7, 11) is -4.26. The maximum Gasteiger partial charge on any atom is 0.223 e. The number of benzene rings is 3. The Labute approximate surface area is 176 Å². The lowest BCUT2D eigenvalue weighted by molar-refractivity contribution is 0.592. The fourth-order valence-electron chi connectivity index (χ4n) is 3.19. The van der Waals surface area contributed by atoms with Gasteiger partial charge in [0.1, 0.15) is 11.6 Å². The van der Waals surface area contributed by atoms with Crippen molar-refractivity contribution in [1.82, 2.24) is 4.98 Å². The minimum absolute atomic E-state index is 0.00298. The molecular formula is C23H11F2N3O2S. The Kier molecular flexibility index (Phi) is 4.94.